The molecular weight excluding hydrogens is 532 g/mol. The zero-order chi connectivity index (χ0) is 25.5. The summed E-state index contributed by atoms with van der Waals surface area (Å²) in [6, 6.07) is 6.63. The Labute approximate surface area is 216 Å². The van der Waals surface area contributed by atoms with Crippen molar-refractivity contribution in [1.29, 1.82) is 5.41 Å². The van der Waals surface area contributed by atoms with E-state index in [1.165, 1.54) is 18.0 Å². The second-order valence-corrected chi connectivity index (χ2v) is 9.21. The predicted molar refractivity (Wildman–Crippen MR) is 147 cm³/mol. The number of nitrogens with zero attached hydrogens (tertiary/aromatic N) is 3. The highest BCUT2D eigenvalue weighted by Crippen LogP contribution is 2.24. The van der Waals surface area contributed by atoms with Crippen LogP contribution >= 0.6 is 27.7 Å². The molecule has 0 aliphatic carbocycles. The van der Waals surface area contributed by atoms with Crippen LogP contribution in [0.1, 0.15) is 27.2 Å². The minimum absolute atomic E-state index is 0.0136. The Kier molecular flexibility index (Phi) is 8.88. The van der Waals surface area contributed by atoms with E-state index >= 15 is 0 Å². The number of hydrogen-bond acceptors (Lipinski definition) is 10. The molecule has 0 spiro atoms. The second kappa shape index (κ2) is 11.8. The lowest BCUT2D eigenvalue weighted by molar-refractivity contribution is -0.116. The van der Waals surface area contributed by atoms with Gasteiger partial charge in [-0.3, -0.25) is 15.1 Å². The van der Waals surface area contributed by atoms with Crippen LogP contribution in [-0.2, 0) is 4.79 Å². The number of fused-ring (bicyclic) bond motifs is 1. The van der Waals surface area contributed by atoms with Gasteiger partial charge < -0.3 is 26.2 Å². The molecule has 35 heavy (non-hydrogen) atoms. The number of carbonyl (C=O) groups excluding carboxylic acids is 1. The highest BCUT2D eigenvalue weighted by Gasteiger charge is 2.33. The van der Waals surface area contributed by atoms with E-state index in [4.69, 9.17) is 15.6 Å². The van der Waals surface area contributed by atoms with E-state index in [0.717, 1.165) is 12.0 Å². The van der Waals surface area contributed by atoms with E-state index < -0.39 is 11.9 Å². The van der Waals surface area contributed by atoms with Crippen LogP contribution < -0.4 is 21.7 Å². The maximum absolute atomic E-state index is 13.3. The zero-order valence-electron chi connectivity index (χ0n) is 19.8. The first-order valence-electron chi connectivity index (χ1n) is 10.7. The van der Waals surface area contributed by atoms with Gasteiger partial charge in [0.25, 0.3) is 5.91 Å². The number of para-hydroxylation sites is 2. The molecule has 1 unspecified atom stereocenters. The molecule has 1 atom stereocenters. The summed E-state index contributed by atoms with van der Waals surface area (Å²) in [6.45, 7) is 5.79. The summed E-state index contributed by atoms with van der Waals surface area (Å²) in [4.78, 5) is 26.4. The zero-order valence-corrected chi connectivity index (χ0v) is 22.2. The van der Waals surface area contributed by atoms with Crippen LogP contribution in [0.5, 0.6) is 0 Å². The highest BCUT2D eigenvalue weighted by molar-refractivity contribution is 9.12. The van der Waals surface area contributed by atoms with Gasteiger partial charge in [0.1, 0.15) is 11.6 Å². The molecule has 1 aliphatic rings. The minimum Gasteiger partial charge on any atom is -0.423 e. The van der Waals surface area contributed by atoms with Crippen molar-refractivity contribution in [2.24, 2.45) is 15.7 Å². The number of hydrogen-bond donors (Lipinski definition) is 5. The summed E-state index contributed by atoms with van der Waals surface area (Å²) in [7, 11) is 1.60. The maximum atomic E-state index is 13.3. The van der Waals surface area contributed by atoms with Crippen molar-refractivity contribution in [3.05, 3.63) is 57.2 Å². The van der Waals surface area contributed by atoms with E-state index in [1.807, 2.05) is 30.5 Å². The summed E-state index contributed by atoms with van der Waals surface area (Å²) >= 11 is 4.60. The number of nitrogens with two attached hydrogens (primary N) is 1. The number of allylic oxidation sites excluding steroid dienone is 2. The summed E-state index contributed by atoms with van der Waals surface area (Å²) in [6.07, 6.45) is 2.14. The fourth-order valence-electron chi connectivity index (χ4n) is 3.03. The van der Waals surface area contributed by atoms with Crippen LogP contribution in [0.3, 0.4) is 0 Å². The van der Waals surface area contributed by atoms with Gasteiger partial charge in [-0.15, -0.1) is 0 Å². The van der Waals surface area contributed by atoms with Crippen LogP contribution in [-0.4, -0.2) is 40.8 Å². The number of benzene rings is 1. The van der Waals surface area contributed by atoms with Gasteiger partial charge in [-0.2, -0.15) is 4.98 Å². The molecule has 1 amide bonds. The van der Waals surface area contributed by atoms with Crippen molar-refractivity contribution < 1.29 is 9.21 Å². The standard InChI is InChI=1S/C23H27BrN8O2S/c1-5-12(2)11-35-23(27-4)31-20(33)17-13(3)28-21(30-19(17)18(26)14(24)10-25)32-22-29-15-8-6-7-9-16(15)34-22/h6-11,19,26H,5,25H2,1-4H3,(H,27,31,33)(H2,28,29,30,32)/b12-11+,14-10+,26-18?. The predicted octanol–water partition coefficient (Wildman–Crippen LogP) is 4.21. The lowest BCUT2D eigenvalue weighted by atomic mass is 9.98. The molecule has 0 bridgehead atoms. The molecule has 0 fully saturated rings. The van der Waals surface area contributed by atoms with Gasteiger partial charge in [0.2, 0.25) is 5.96 Å². The number of aliphatic imine (C=N–C) groups is 2. The van der Waals surface area contributed by atoms with E-state index in [9.17, 15) is 4.79 Å². The van der Waals surface area contributed by atoms with E-state index in [0.29, 0.717) is 26.4 Å². The van der Waals surface area contributed by atoms with Crippen LogP contribution in [0, 0.1) is 5.41 Å². The molecule has 184 valence electrons. The Morgan fingerprint density at radius 2 is 2.17 bits per heavy atom. The summed E-state index contributed by atoms with van der Waals surface area (Å²) < 4.78 is 6.02. The van der Waals surface area contributed by atoms with E-state index in [-0.39, 0.29) is 23.3 Å². The first kappa shape index (κ1) is 26.2. The van der Waals surface area contributed by atoms with Crippen molar-refractivity contribution in [2.45, 2.75) is 33.2 Å². The van der Waals surface area contributed by atoms with E-state index in [1.54, 1.807) is 20.0 Å². The Hall–Kier alpha value is -3.38. The molecule has 6 N–H and O–H groups in total. The number of carbonyl (C=O) groups is 1. The number of amidine groups is 1. The van der Waals surface area contributed by atoms with Gasteiger partial charge >= 0.3 is 6.01 Å². The van der Waals surface area contributed by atoms with Crippen LogP contribution in [0.15, 0.2) is 71.6 Å². The monoisotopic (exact) mass is 558 g/mol. The molecule has 2 aromatic rings. The second-order valence-electron chi connectivity index (χ2n) is 7.50. The summed E-state index contributed by atoms with van der Waals surface area (Å²) in [5, 5.41) is 19.8. The molecular formula is C23H27BrN8O2S. The molecule has 2 heterocycles. The normalized spacial score (nSPS) is 17.2. The smallest absolute Gasteiger partial charge is 0.302 e. The van der Waals surface area contributed by atoms with Gasteiger partial charge in [-0.25, -0.2) is 4.99 Å². The van der Waals surface area contributed by atoms with Crippen molar-refractivity contribution in [3.63, 3.8) is 0 Å². The molecule has 1 aromatic carbocycles. The molecule has 0 saturated carbocycles. The number of guanidine groups is 1. The number of amides is 1. The summed E-state index contributed by atoms with van der Waals surface area (Å²) in [5.74, 6) is -0.152. The number of nitrogens with one attached hydrogen (secondary N) is 4. The van der Waals surface area contributed by atoms with Gasteiger partial charge in [-0.05, 0) is 53.7 Å². The van der Waals surface area contributed by atoms with Crippen molar-refractivity contribution in [1.82, 2.24) is 15.6 Å². The minimum atomic E-state index is -0.951. The van der Waals surface area contributed by atoms with Crippen LogP contribution in [0.25, 0.3) is 11.1 Å². The van der Waals surface area contributed by atoms with Crippen molar-refractivity contribution >= 4 is 67.6 Å². The fraction of sp³-hybridized carbons (Fsp3) is 0.261. The Balaban J connectivity index is 1.89. The van der Waals surface area contributed by atoms with Gasteiger partial charge in [0.05, 0.1) is 15.8 Å². The largest absolute Gasteiger partial charge is 0.423 e. The summed E-state index contributed by atoms with van der Waals surface area (Å²) in [5.41, 5.74) is 8.87. The first-order chi connectivity index (χ1) is 16.8. The number of halogens is 1. The molecule has 1 aliphatic heterocycles. The van der Waals surface area contributed by atoms with Crippen molar-refractivity contribution in [3.8, 4) is 0 Å². The van der Waals surface area contributed by atoms with Crippen molar-refractivity contribution in [2.75, 3.05) is 12.4 Å². The van der Waals surface area contributed by atoms with Gasteiger partial charge in [-0.1, -0.05) is 36.4 Å². The van der Waals surface area contributed by atoms with Gasteiger partial charge in [0, 0.05) is 18.9 Å². The highest BCUT2D eigenvalue weighted by atomic mass is 79.9. The van der Waals surface area contributed by atoms with Gasteiger partial charge in [0.15, 0.2) is 10.8 Å². The Morgan fingerprint density at radius 3 is 2.83 bits per heavy atom. The average molecular weight is 559 g/mol. The third kappa shape index (κ3) is 6.40. The van der Waals surface area contributed by atoms with Crippen LogP contribution in [0.2, 0.25) is 0 Å². The number of oxazole rings is 1. The molecule has 10 nitrogen and oxygen atoms in total. The third-order valence-electron chi connectivity index (χ3n) is 5.04. The topological polar surface area (TPSA) is 154 Å². The fourth-order valence-corrected chi connectivity index (χ4v) is 3.99. The molecule has 1 aromatic heterocycles. The Bertz CT molecular complexity index is 1260. The molecule has 0 saturated heterocycles. The maximum Gasteiger partial charge on any atom is 0.302 e. The lowest BCUT2D eigenvalue weighted by Crippen LogP contribution is -2.44. The number of aromatic nitrogens is 1. The first-order valence-corrected chi connectivity index (χ1v) is 12.4. The third-order valence-corrected chi connectivity index (χ3v) is 6.76. The quantitative estimate of drug-likeness (QED) is 0.263. The lowest BCUT2D eigenvalue weighted by Gasteiger charge is -2.26. The molecule has 0 radical (unpaired) electrons. The number of thioether (sulfide) groups is 1. The number of rotatable bonds is 6. The number of anilines is 1. The molecule has 12 heteroatoms. The Morgan fingerprint density at radius 1 is 1.43 bits per heavy atom. The van der Waals surface area contributed by atoms with E-state index in [2.05, 4.69) is 53.8 Å². The average Bonchev–Trinajstić information content (AvgIpc) is 3.26. The SMILES string of the molecule is CC/C(C)=C/S/C(=N\C)NC(=O)C1=C(C)NC(Nc2nc3ccccc3o2)=NC1C(=N)/C(Br)=C\N. The molecule has 3 rings (SSSR count). The van der Waals surface area contributed by atoms with Crippen LogP contribution in [0.4, 0.5) is 6.01 Å².